The maximum Gasteiger partial charge on any atom is 0.387 e. The fraction of sp³-hybridized carbons (Fsp3) is 0.222. The summed E-state index contributed by atoms with van der Waals surface area (Å²) in [7, 11) is 0. The molecular weight excluding hydrogens is 346 g/mol. The summed E-state index contributed by atoms with van der Waals surface area (Å²) in [6.45, 7) is -2.84. The highest BCUT2D eigenvalue weighted by molar-refractivity contribution is 7.99. The Balaban J connectivity index is 1.50. The summed E-state index contributed by atoms with van der Waals surface area (Å²) in [4.78, 5) is 0. The van der Waals surface area contributed by atoms with E-state index in [-0.39, 0.29) is 5.75 Å². The highest BCUT2D eigenvalue weighted by Gasteiger charge is 2.10. The van der Waals surface area contributed by atoms with Crippen molar-refractivity contribution >= 4 is 11.8 Å². The van der Waals surface area contributed by atoms with Crippen LogP contribution >= 0.6 is 11.8 Å². The van der Waals surface area contributed by atoms with Crippen molar-refractivity contribution in [2.75, 3.05) is 5.75 Å². The van der Waals surface area contributed by atoms with Gasteiger partial charge in [-0.3, -0.25) is 0 Å². The SMILES string of the molecule is FC(F)Oc1ccc(-c2nnc(SCCCc3ccccc3)o2)cc1. The summed E-state index contributed by atoms with van der Waals surface area (Å²) < 4.78 is 34.2. The van der Waals surface area contributed by atoms with Crippen LogP contribution < -0.4 is 4.74 Å². The lowest BCUT2D eigenvalue weighted by molar-refractivity contribution is -0.0498. The smallest absolute Gasteiger partial charge is 0.387 e. The minimum absolute atomic E-state index is 0.0915. The third-order valence-electron chi connectivity index (χ3n) is 3.41. The molecule has 1 aromatic heterocycles. The van der Waals surface area contributed by atoms with Crippen LogP contribution in [0.4, 0.5) is 8.78 Å². The van der Waals surface area contributed by atoms with E-state index in [9.17, 15) is 8.78 Å². The van der Waals surface area contributed by atoms with Gasteiger partial charge in [-0.05, 0) is 42.7 Å². The van der Waals surface area contributed by atoms with Crippen LogP contribution in [0.2, 0.25) is 0 Å². The summed E-state index contributed by atoms with van der Waals surface area (Å²) in [5.41, 5.74) is 1.96. The van der Waals surface area contributed by atoms with Crippen molar-refractivity contribution in [1.82, 2.24) is 10.2 Å². The lowest BCUT2D eigenvalue weighted by Gasteiger charge is -2.03. The molecule has 0 fully saturated rings. The van der Waals surface area contributed by atoms with E-state index in [0.29, 0.717) is 16.7 Å². The second-order valence-corrected chi connectivity index (χ2v) is 6.26. The van der Waals surface area contributed by atoms with E-state index in [2.05, 4.69) is 27.1 Å². The molecule has 2 aromatic carbocycles. The maximum atomic E-state index is 12.1. The summed E-state index contributed by atoms with van der Waals surface area (Å²) in [5.74, 6) is 1.32. The minimum atomic E-state index is -2.84. The van der Waals surface area contributed by atoms with Gasteiger partial charge in [-0.15, -0.1) is 10.2 Å². The van der Waals surface area contributed by atoms with Gasteiger partial charge in [-0.1, -0.05) is 42.1 Å². The third-order valence-corrected chi connectivity index (χ3v) is 4.32. The molecule has 130 valence electrons. The fourth-order valence-electron chi connectivity index (χ4n) is 2.24. The number of benzene rings is 2. The number of ether oxygens (including phenoxy) is 1. The van der Waals surface area contributed by atoms with Crippen molar-refractivity contribution in [2.45, 2.75) is 24.7 Å². The predicted octanol–water partition coefficient (Wildman–Crippen LogP) is 5.06. The summed E-state index contributed by atoms with van der Waals surface area (Å²) in [6, 6.07) is 16.4. The van der Waals surface area contributed by atoms with Crippen molar-refractivity contribution < 1.29 is 17.9 Å². The zero-order valence-corrected chi connectivity index (χ0v) is 14.1. The average Bonchev–Trinajstić information content (AvgIpc) is 3.09. The molecule has 0 radical (unpaired) electrons. The van der Waals surface area contributed by atoms with E-state index in [0.717, 1.165) is 18.6 Å². The first-order chi connectivity index (χ1) is 12.2. The van der Waals surface area contributed by atoms with Gasteiger partial charge in [-0.2, -0.15) is 8.78 Å². The molecule has 0 spiro atoms. The number of aromatic nitrogens is 2. The second kappa shape index (κ2) is 8.62. The highest BCUT2D eigenvalue weighted by atomic mass is 32.2. The van der Waals surface area contributed by atoms with Gasteiger partial charge >= 0.3 is 6.61 Å². The molecule has 0 aliphatic heterocycles. The molecule has 7 heteroatoms. The fourth-order valence-corrected chi connectivity index (χ4v) is 2.94. The second-order valence-electron chi connectivity index (χ2n) is 5.21. The molecular formula is C18H16F2N2O2S. The molecule has 0 bridgehead atoms. The van der Waals surface area contributed by atoms with Crippen molar-refractivity contribution in [3.8, 4) is 17.2 Å². The van der Waals surface area contributed by atoms with Gasteiger partial charge in [0.05, 0.1) is 0 Å². The Morgan fingerprint density at radius 3 is 2.48 bits per heavy atom. The van der Waals surface area contributed by atoms with E-state index >= 15 is 0 Å². The number of halogens is 2. The average molecular weight is 362 g/mol. The van der Waals surface area contributed by atoms with E-state index in [1.54, 1.807) is 12.1 Å². The monoisotopic (exact) mass is 362 g/mol. The number of nitrogens with zero attached hydrogens (tertiary/aromatic N) is 2. The third kappa shape index (κ3) is 5.29. The molecule has 0 aliphatic rings. The first-order valence-electron chi connectivity index (χ1n) is 7.76. The molecule has 0 amide bonds. The van der Waals surface area contributed by atoms with E-state index < -0.39 is 6.61 Å². The number of thioether (sulfide) groups is 1. The molecule has 25 heavy (non-hydrogen) atoms. The molecule has 0 atom stereocenters. The first kappa shape index (κ1) is 17.4. The van der Waals surface area contributed by atoms with Crippen LogP contribution in [0.5, 0.6) is 5.75 Å². The molecule has 0 unspecified atom stereocenters. The zero-order valence-electron chi connectivity index (χ0n) is 13.3. The van der Waals surface area contributed by atoms with Crippen LogP contribution in [0, 0.1) is 0 Å². The largest absolute Gasteiger partial charge is 0.435 e. The summed E-state index contributed by atoms with van der Waals surface area (Å²) in [6.07, 6.45) is 2.01. The molecule has 3 rings (SSSR count). The topological polar surface area (TPSA) is 48.2 Å². The molecule has 0 saturated carbocycles. The quantitative estimate of drug-likeness (QED) is 0.414. The zero-order chi connectivity index (χ0) is 17.5. The number of aryl methyl sites for hydroxylation is 1. The van der Waals surface area contributed by atoms with Gasteiger partial charge in [-0.25, -0.2) is 0 Å². The maximum absolute atomic E-state index is 12.1. The van der Waals surface area contributed by atoms with Gasteiger partial charge in [0.1, 0.15) is 5.75 Å². The van der Waals surface area contributed by atoms with Gasteiger partial charge < -0.3 is 9.15 Å². The van der Waals surface area contributed by atoms with Crippen molar-refractivity contribution in [3.63, 3.8) is 0 Å². The Kier molecular flexibility index (Phi) is 6.00. The van der Waals surface area contributed by atoms with Gasteiger partial charge in [0.15, 0.2) is 0 Å². The number of alkyl halides is 2. The molecule has 4 nitrogen and oxygen atoms in total. The molecule has 0 saturated heterocycles. The van der Waals surface area contributed by atoms with Gasteiger partial charge in [0.25, 0.3) is 5.22 Å². The van der Waals surface area contributed by atoms with Crippen LogP contribution in [-0.2, 0) is 6.42 Å². The molecule has 1 heterocycles. The first-order valence-corrected chi connectivity index (χ1v) is 8.75. The van der Waals surface area contributed by atoms with Crippen LogP contribution in [-0.4, -0.2) is 22.6 Å². The lowest BCUT2D eigenvalue weighted by atomic mass is 10.1. The van der Waals surface area contributed by atoms with Gasteiger partial charge in [0, 0.05) is 11.3 Å². The Bertz CT molecular complexity index is 779. The van der Waals surface area contributed by atoms with Crippen LogP contribution in [0.3, 0.4) is 0 Å². The molecule has 0 aliphatic carbocycles. The van der Waals surface area contributed by atoms with E-state index in [1.807, 2.05) is 18.2 Å². The van der Waals surface area contributed by atoms with Crippen LogP contribution in [0.15, 0.2) is 64.2 Å². The Morgan fingerprint density at radius 1 is 1.00 bits per heavy atom. The normalized spacial score (nSPS) is 11.0. The highest BCUT2D eigenvalue weighted by Crippen LogP contribution is 2.26. The van der Waals surface area contributed by atoms with Crippen LogP contribution in [0.25, 0.3) is 11.5 Å². The Labute approximate surface area is 148 Å². The van der Waals surface area contributed by atoms with Crippen molar-refractivity contribution in [2.24, 2.45) is 0 Å². The number of hydrogen-bond acceptors (Lipinski definition) is 5. The predicted molar refractivity (Wildman–Crippen MR) is 91.9 cm³/mol. The number of rotatable bonds is 8. The van der Waals surface area contributed by atoms with Crippen molar-refractivity contribution in [1.29, 1.82) is 0 Å². The lowest BCUT2D eigenvalue weighted by Crippen LogP contribution is -2.01. The summed E-state index contributed by atoms with van der Waals surface area (Å²) in [5, 5.41) is 8.49. The molecule has 3 aromatic rings. The number of hydrogen-bond donors (Lipinski definition) is 0. The standard InChI is InChI=1S/C18H16F2N2O2S/c19-17(20)23-15-10-8-14(9-11-15)16-21-22-18(24-16)25-12-4-7-13-5-2-1-3-6-13/h1-3,5-6,8-11,17H,4,7,12H2. The van der Waals surface area contributed by atoms with E-state index in [4.69, 9.17) is 4.42 Å². The molecule has 0 N–H and O–H groups in total. The van der Waals surface area contributed by atoms with Crippen LogP contribution in [0.1, 0.15) is 12.0 Å². The van der Waals surface area contributed by atoms with Gasteiger partial charge in [0.2, 0.25) is 5.89 Å². The Morgan fingerprint density at radius 2 is 1.76 bits per heavy atom. The minimum Gasteiger partial charge on any atom is -0.435 e. The van der Waals surface area contributed by atoms with Crippen molar-refractivity contribution in [3.05, 3.63) is 60.2 Å². The van der Waals surface area contributed by atoms with E-state index in [1.165, 1.54) is 29.5 Å². The summed E-state index contributed by atoms with van der Waals surface area (Å²) >= 11 is 1.50. The Hall–Kier alpha value is -2.41.